The number of hydrogen-bond acceptors (Lipinski definition) is 3. The van der Waals surface area contributed by atoms with Gasteiger partial charge in [-0.15, -0.1) is 0 Å². The summed E-state index contributed by atoms with van der Waals surface area (Å²) in [5.41, 5.74) is 1.04. The van der Waals surface area contributed by atoms with Gasteiger partial charge in [-0.1, -0.05) is 0 Å². The van der Waals surface area contributed by atoms with E-state index in [0.717, 1.165) is 12.8 Å². The average molecular weight is 361 g/mol. The fraction of sp³-hybridized carbons (Fsp3) is 0.526. The molecule has 3 heterocycles. The number of rotatable bonds is 3. The van der Waals surface area contributed by atoms with Crippen molar-refractivity contribution in [2.45, 2.75) is 25.8 Å². The molecule has 0 aliphatic carbocycles. The Bertz CT molecular complexity index is 750. The van der Waals surface area contributed by atoms with E-state index in [0.29, 0.717) is 24.2 Å². The summed E-state index contributed by atoms with van der Waals surface area (Å²) in [6.07, 6.45) is 1.51. The van der Waals surface area contributed by atoms with E-state index in [1.54, 1.807) is 30.8 Å². The highest BCUT2D eigenvalue weighted by Gasteiger charge is 2.42. The molecule has 0 aromatic heterocycles. The number of nitrogens with zero attached hydrogens (tertiary/aromatic N) is 3. The van der Waals surface area contributed by atoms with Gasteiger partial charge in [0.1, 0.15) is 12.4 Å². The number of hydrogen-bond donors (Lipinski definition) is 0. The van der Waals surface area contributed by atoms with Gasteiger partial charge in [0.25, 0.3) is 5.91 Å². The highest BCUT2D eigenvalue weighted by molar-refractivity contribution is 5.96. The van der Waals surface area contributed by atoms with Crippen LogP contribution in [-0.4, -0.2) is 72.2 Å². The summed E-state index contributed by atoms with van der Waals surface area (Å²) in [7, 11) is 3.33. The molecule has 1 aromatic rings. The normalized spacial score (nSPS) is 22.4. The first-order valence-corrected chi connectivity index (χ1v) is 8.84. The maximum Gasteiger partial charge on any atom is 0.254 e. The van der Waals surface area contributed by atoms with Crippen molar-refractivity contribution in [3.8, 4) is 0 Å². The van der Waals surface area contributed by atoms with E-state index in [4.69, 9.17) is 0 Å². The fourth-order valence-corrected chi connectivity index (χ4v) is 3.74. The van der Waals surface area contributed by atoms with Crippen LogP contribution >= 0.6 is 0 Å². The van der Waals surface area contributed by atoms with Crippen molar-refractivity contribution in [2.75, 3.05) is 33.7 Å². The lowest BCUT2D eigenvalue weighted by molar-refractivity contribution is -0.145. The zero-order valence-electron chi connectivity index (χ0n) is 15.4. The van der Waals surface area contributed by atoms with Crippen LogP contribution in [0.15, 0.2) is 18.2 Å². The second-order valence-corrected chi connectivity index (χ2v) is 7.35. The predicted octanol–water partition coefficient (Wildman–Crippen LogP) is 1.29. The minimum Gasteiger partial charge on any atom is -0.347 e. The van der Waals surface area contributed by atoms with Gasteiger partial charge in [-0.2, -0.15) is 0 Å². The molecule has 0 saturated carbocycles. The molecule has 7 heteroatoms. The molecule has 4 rings (SSSR count). The van der Waals surface area contributed by atoms with Crippen LogP contribution < -0.4 is 0 Å². The third-order valence-corrected chi connectivity index (χ3v) is 5.30. The number of likely N-dealkylation sites (N-methyl/N-ethyl adjacent to an activating group) is 1. The van der Waals surface area contributed by atoms with Gasteiger partial charge in [-0.05, 0) is 43.5 Å². The van der Waals surface area contributed by atoms with Crippen molar-refractivity contribution < 1.29 is 18.8 Å². The summed E-state index contributed by atoms with van der Waals surface area (Å²) in [6, 6.07) is 3.96. The molecule has 3 saturated heterocycles. The highest BCUT2D eigenvalue weighted by Crippen LogP contribution is 2.30. The zero-order chi connectivity index (χ0) is 19.0. The van der Waals surface area contributed by atoms with Crippen molar-refractivity contribution in [3.63, 3.8) is 0 Å². The lowest BCUT2D eigenvalue weighted by atomic mass is 9.94. The van der Waals surface area contributed by atoms with Gasteiger partial charge in [-0.25, -0.2) is 4.39 Å². The number of halogens is 1. The van der Waals surface area contributed by atoms with Gasteiger partial charge in [-0.3, -0.25) is 14.4 Å². The number of benzene rings is 1. The van der Waals surface area contributed by atoms with E-state index in [1.807, 2.05) is 0 Å². The van der Waals surface area contributed by atoms with E-state index in [1.165, 1.54) is 23.1 Å². The smallest absolute Gasteiger partial charge is 0.254 e. The van der Waals surface area contributed by atoms with Crippen molar-refractivity contribution >= 4 is 17.7 Å². The zero-order valence-corrected chi connectivity index (χ0v) is 15.4. The van der Waals surface area contributed by atoms with Gasteiger partial charge >= 0.3 is 0 Å². The van der Waals surface area contributed by atoms with Crippen molar-refractivity contribution in [1.29, 1.82) is 0 Å². The van der Waals surface area contributed by atoms with E-state index < -0.39 is 0 Å². The largest absolute Gasteiger partial charge is 0.347 e. The molecular weight excluding hydrogens is 337 g/mol. The maximum atomic E-state index is 13.3. The Kier molecular flexibility index (Phi) is 4.98. The summed E-state index contributed by atoms with van der Waals surface area (Å²) in [4.78, 5) is 42.5. The molecule has 0 spiro atoms. The molecular formula is C19H24FN3O3. The second kappa shape index (κ2) is 7.05. The van der Waals surface area contributed by atoms with Crippen molar-refractivity contribution in [2.24, 2.45) is 5.92 Å². The van der Waals surface area contributed by atoms with Crippen LogP contribution in [0, 0.1) is 18.7 Å². The average Bonchev–Trinajstić information content (AvgIpc) is 2.87. The summed E-state index contributed by atoms with van der Waals surface area (Å²) >= 11 is 0. The predicted molar refractivity (Wildman–Crippen MR) is 94.0 cm³/mol. The standard InChI is InChI=1S/C19H24FN3O3/c1-12-8-14(20)5-7-16(12)19(26)22-9-13-4-6-15(10-22)23(18(13)25)11-17(24)21(2)3/h5,7-8,13,15H,4,6,9-11H2,1-3H3/t13-,15+/m1/s1. The monoisotopic (exact) mass is 361 g/mol. The van der Waals surface area contributed by atoms with Crippen molar-refractivity contribution in [3.05, 3.63) is 35.1 Å². The maximum absolute atomic E-state index is 13.3. The number of amides is 3. The molecule has 2 atom stereocenters. The molecule has 0 N–H and O–H groups in total. The van der Waals surface area contributed by atoms with Gasteiger partial charge in [0.15, 0.2) is 0 Å². The number of carbonyl (C=O) groups excluding carboxylic acids is 3. The summed E-state index contributed by atoms with van der Waals surface area (Å²) in [6.45, 7) is 2.50. The molecule has 3 fully saturated rings. The van der Waals surface area contributed by atoms with Crippen LogP contribution in [0.4, 0.5) is 4.39 Å². The molecule has 3 aliphatic rings. The fourth-order valence-electron chi connectivity index (χ4n) is 3.74. The first-order valence-electron chi connectivity index (χ1n) is 8.84. The molecule has 0 unspecified atom stereocenters. The van der Waals surface area contributed by atoms with E-state index in [2.05, 4.69) is 0 Å². The second-order valence-electron chi connectivity index (χ2n) is 7.35. The van der Waals surface area contributed by atoms with Crippen LogP contribution in [0.25, 0.3) is 0 Å². The Morgan fingerprint density at radius 1 is 1.23 bits per heavy atom. The van der Waals surface area contributed by atoms with E-state index in [9.17, 15) is 18.8 Å². The first-order chi connectivity index (χ1) is 12.3. The minimum absolute atomic E-state index is 0.0462. The number of carbonyl (C=O) groups is 3. The van der Waals surface area contributed by atoms with Crippen LogP contribution in [0.3, 0.4) is 0 Å². The third kappa shape index (κ3) is 3.43. The summed E-state index contributed by atoms with van der Waals surface area (Å²) in [5.74, 6) is -1.03. The van der Waals surface area contributed by atoms with Gasteiger partial charge in [0.2, 0.25) is 11.8 Å². The third-order valence-electron chi connectivity index (χ3n) is 5.30. The Labute approximate surface area is 152 Å². The molecule has 2 bridgehead atoms. The van der Waals surface area contributed by atoms with Gasteiger partial charge in [0.05, 0.1) is 5.92 Å². The lowest BCUT2D eigenvalue weighted by Crippen LogP contribution is -2.51. The topological polar surface area (TPSA) is 60.9 Å². The van der Waals surface area contributed by atoms with Crippen LogP contribution in [-0.2, 0) is 9.59 Å². The van der Waals surface area contributed by atoms with E-state index in [-0.39, 0.29) is 42.0 Å². The molecule has 140 valence electrons. The van der Waals surface area contributed by atoms with E-state index >= 15 is 0 Å². The molecule has 26 heavy (non-hydrogen) atoms. The summed E-state index contributed by atoms with van der Waals surface area (Å²) in [5, 5.41) is 0. The molecule has 3 aliphatic heterocycles. The Balaban J connectivity index is 1.82. The molecule has 0 radical (unpaired) electrons. The Hall–Kier alpha value is -2.44. The van der Waals surface area contributed by atoms with Crippen LogP contribution in [0.2, 0.25) is 0 Å². The Morgan fingerprint density at radius 3 is 2.62 bits per heavy atom. The lowest BCUT2D eigenvalue weighted by Gasteiger charge is -2.35. The molecule has 6 nitrogen and oxygen atoms in total. The highest BCUT2D eigenvalue weighted by atomic mass is 19.1. The van der Waals surface area contributed by atoms with Crippen LogP contribution in [0.1, 0.15) is 28.8 Å². The minimum atomic E-state index is -0.376. The number of piperidine rings is 1. The van der Waals surface area contributed by atoms with Crippen LogP contribution in [0.5, 0.6) is 0 Å². The first kappa shape index (κ1) is 18.4. The SMILES string of the molecule is Cc1cc(F)ccc1C(=O)N1C[C@H]2CC[C@@H](C1)N(CC(=O)N(C)C)C2=O. The quantitative estimate of drug-likeness (QED) is 0.815. The summed E-state index contributed by atoms with van der Waals surface area (Å²) < 4.78 is 13.3. The van der Waals surface area contributed by atoms with Crippen molar-refractivity contribution in [1.82, 2.24) is 14.7 Å². The van der Waals surface area contributed by atoms with Gasteiger partial charge in [0, 0.05) is 38.8 Å². The Morgan fingerprint density at radius 2 is 1.96 bits per heavy atom. The van der Waals surface area contributed by atoms with Gasteiger partial charge < -0.3 is 14.7 Å². The molecule has 1 aromatic carbocycles. The molecule has 3 amide bonds. The number of aryl methyl sites for hydroxylation is 1. The number of fused-ring (bicyclic) bond motifs is 4.